The molecule has 3 aromatic carbocycles. The molecule has 0 saturated carbocycles. The van der Waals surface area contributed by atoms with Crippen LogP contribution in [-0.2, 0) is 0 Å². The van der Waals surface area contributed by atoms with Gasteiger partial charge < -0.3 is 4.74 Å². The summed E-state index contributed by atoms with van der Waals surface area (Å²) in [6, 6.07) is 30.0. The third-order valence-corrected chi connectivity index (χ3v) is 5.24. The Kier molecular flexibility index (Phi) is 6.13. The third kappa shape index (κ3) is 4.67. The lowest BCUT2D eigenvalue weighted by atomic mass is 9.85. The predicted molar refractivity (Wildman–Crippen MR) is 122 cm³/mol. The molecule has 1 unspecified atom stereocenters. The fraction of sp³-hybridized carbons (Fsp3) is 0.154. The van der Waals surface area contributed by atoms with Crippen molar-refractivity contribution in [2.45, 2.75) is 25.5 Å². The van der Waals surface area contributed by atoms with E-state index in [1.165, 1.54) is 28.0 Å². The van der Waals surface area contributed by atoms with Crippen LogP contribution < -0.4 is 16.0 Å². The van der Waals surface area contributed by atoms with E-state index in [9.17, 15) is 9.59 Å². The maximum atomic E-state index is 12.2. The van der Waals surface area contributed by atoms with Crippen LogP contribution in [0.3, 0.4) is 0 Å². The van der Waals surface area contributed by atoms with Crippen molar-refractivity contribution in [3.63, 3.8) is 0 Å². The quantitative estimate of drug-likeness (QED) is 0.447. The Labute approximate surface area is 180 Å². The van der Waals surface area contributed by atoms with E-state index >= 15 is 0 Å². The molecule has 0 saturated heterocycles. The summed E-state index contributed by atoms with van der Waals surface area (Å²) in [6.45, 7) is 1.93. The number of hydrogen-bond donors (Lipinski definition) is 1. The van der Waals surface area contributed by atoms with Crippen molar-refractivity contribution in [2.24, 2.45) is 0 Å². The lowest BCUT2D eigenvalue weighted by Gasteiger charge is -2.22. The van der Waals surface area contributed by atoms with Crippen LogP contribution in [-0.4, -0.2) is 9.55 Å². The number of rotatable bonds is 7. The highest BCUT2D eigenvalue weighted by Gasteiger charge is 2.18. The van der Waals surface area contributed by atoms with Crippen molar-refractivity contribution in [3.05, 3.63) is 135 Å². The molecule has 0 aliphatic rings. The van der Waals surface area contributed by atoms with Gasteiger partial charge >= 0.3 is 5.69 Å². The molecular formula is C26H24N2O3. The Morgan fingerprint density at radius 1 is 0.806 bits per heavy atom. The minimum atomic E-state index is -0.522. The minimum absolute atomic E-state index is 0.0572. The van der Waals surface area contributed by atoms with Gasteiger partial charge in [-0.05, 0) is 28.8 Å². The van der Waals surface area contributed by atoms with E-state index < -0.39 is 17.5 Å². The van der Waals surface area contributed by atoms with Gasteiger partial charge in [-0.2, -0.15) is 0 Å². The second-order valence-corrected chi connectivity index (χ2v) is 7.33. The summed E-state index contributed by atoms with van der Waals surface area (Å²) in [4.78, 5) is 25.9. The molecule has 0 radical (unpaired) electrons. The number of benzene rings is 3. The Morgan fingerprint density at radius 3 is 2.00 bits per heavy atom. The first-order chi connectivity index (χ1) is 15.2. The Morgan fingerprint density at radius 2 is 1.42 bits per heavy atom. The van der Waals surface area contributed by atoms with Crippen LogP contribution in [0.4, 0.5) is 0 Å². The Hall–Kier alpha value is -3.86. The Bertz CT molecular complexity index is 1210. The van der Waals surface area contributed by atoms with Crippen LogP contribution in [0.2, 0.25) is 0 Å². The minimum Gasteiger partial charge on any atom is -0.470 e. The number of aromatic amines is 1. The smallest absolute Gasteiger partial charge is 0.331 e. The van der Waals surface area contributed by atoms with Crippen molar-refractivity contribution in [1.29, 1.82) is 0 Å². The first-order valence-electron chi connectivity index (χ1n) is 10.3. The maximum Gasteiger partial charge on any atom is 0.331 e. The molecule has 1 heterocycles. The van der Waals surface area contributed by atoms with Gasteiger partial charge in [0.25, 0.3) is 5.56 Å². The second kappa shape index (κ2) is 9.30. The number of H-pyrrole nitrogens is 1. The molecule has 0 aliphatic carbocycles. The van der Waals surface area contributed by atoms with Gasteiger partial charge in [0.2, 0.25) is 0 Å². The van der Waals surface area contributed by atoms with Crippen LogP contribution in [0.25, 0.3) is 0 Å². The molecule has 1 aromatic heterocycles. The van der Waals surface area contributed by atoms with Crippen molar-refractivity contribution >= 4 is 0 Å². The van der Waals surface area contributed by atoms with Gasteiger partial charge in [-0.1, -0.05) is 79.7 Å². The van der Waals surface area contributed by atoms with Crippen molar-refractivity contribution in [3.8, 4) is 5.75 Å². The molecule has 5 heteroatoms. The number of aromatic nitrogens is 2. The van der Waals surface area contributed by atoms with Gasteiger partial charge in [0.1, 0.15) is 5.75 Å². The van der Waals surface area contributed by atoms with Crippen molar-refractivity contribution < 1.29 is 4.74 Å². The van der Waals surface area contributed by atoms with E-state index in [1.807, 2.05) is 61.5 Å². The van der Waals surface area contributed by atoms with Gasteiger partial charge in [-0.3, -0.25) is 14.3 Å². The highest BCUT2D eigenvalue weighted by molar-refractivity contribution is 5.45. The number of ether oxygens (including phenoxy) is 1. The third-order valence-electron chi connectivity index (χ3n) is 5.24. The van der Waals surface area contributed by atoms with E-state index in [0.717, 1.165) is 5.56 Å². The van der Waals surface area contributed by atoms with E-state index in [1.54, 1.807) is 0 Å². The summed E-state index contributed by atoms with van der Waals surface area (Å²) < 4.78 is 7.58. The molecule has 0 bridgehead atoms. The fourth-order valence-electron chi connectivity index (χ4n) is 3.78. The molecule has 4 aromatic rings. The lowest BCUT2D eigenvalue weighted by molar-refractivity contribution is 0.122. The Balaban J connectivity index is 1.70. The van der Waals surface area contributed by atoms with Crippen molar-refractivity contribution in [2.75, 3.05) is 0 Å². The highest BCUT2D eigenvalue weighted by Crippen LogP contribution is 2.34. The first-order valence-corrected chi connectivity index (χ1v) is 10.3. The van der Waals surface area contributed by atoms with E-state index in [2.05, 4.69) is 35.3 Å². The molecule has 31 heavy (non-hydrogen) atoms. The topological polar surface area (TPSA) is 64.1 Å². The second-order valence-electron chi connectivity index (χ2n) is 7.33. The van der Waals surface area contributed by atoms with Crippen LogP contribution in [0.1, 0.15) is 42.2 Å². The van der Waals surface area contributed by atoms with Crippen LogP contribution in [0.5, 0.6) is 5.75 Å². The van der Waals surface area contributed by atoms with E-state index in [0.29, 0.717) is 12.2 Å². The van der Waals surface area contributed by atoms with E-state index in [4.69, 9.17) is 4.74 Å². The summed E-state index contributed by atoms with van der Waals surface area (Å²) in [7, 11) is 0. The summed E-state index contributed by atoms with van der Waals surface area (Å²) in [5, 5.41) is 0. The van der Waals surface area contributed by atoms with Gasteiger partial charge in [0.15, 0.2) is 6.23 Å². The molecule has 0 fully saturated rings. The van der Waals surface area contributed by atoms with Gasteiger partial charge in [-0.15, -0.1) is 0 Å². The molecular weight excluding hydrogens is 388 g/mol. The fourth-order valence-corrected chi connectivity index (χ4v) is 3.78. The molecule has 1 N–H and O–H groups in total. The number of nitrogens with zero attached hydrogens (tertiary/aromatic N) is 1. The maximum absolute atomic E-state index is 12.2. The zero-order valence-electron chi connectivity index (χ0n) is 17.3. The predicted octanol–water partition coefficient (Wildman–Crippen LogP) is 4.70. The molecule has 0 aliphatic heterocycles. The standard InChI is InChI=1S/C26H24N2O3/c1-2-24(28-17-16-23(29)27-26(28)30)31-22-15-9-14-21(18-22)25(19-10-5-3-6-11-19)20-12-7-4-8-13-20/h3-18,24-25H,2H2,1H3,(H,27,29,30). The summed E-state index contributed by atoms with van der Waals surface area (Å²) in [6.07, 6.45) is 1.51. The first kappa shape index (κ1) is 20.4. The largest absolute Gasteiger partial charge is 0.470 e. The summed E-state index contributed by atoms with van der Waals surface area (Å²) in [5.41, 5.74) is 2.57. The molecule has 156 valence electrons. The summed E-state index contributed by atoms with van der Waals surface area (Å²) in [5.74, 6) is 0.723. The molecule has 0 spiro atoms. The SMILES string of the molecule is CCC(Oc1cccc(C(c2ccccc2)c2ccccc2)c1)n1ccc(=O)[nH]c1=O. The zero-order chi connectivity index (χ0) is 21.6. The molecule has 5 nitrogen and oxygen atoms in total. The van der Waals surface area contributed by atoms with Gasteiger partial charge in [0.05, 0.1) is 0 Å². The van der Waals surface area contributed by atoms with Crippen LogP contribution >= 0.6 is 0 Å². The highest BCUT2D eigenvalue weighted by atomic mass is 16.5. The van der Waals surface area contributed by atoms with E-state index in [-0.39, 0.29) is 5.92 Å². The average molecular weight is 412 g/mol. The van der Waals surface area contributed by atoms with Gasteiger partial charge in [0, 0.05) is 24.6 Å². The number of hydrogen-bond acceptors (Lipinski definition) is 3. The molecule has 1 atom stereocenters. The normalized spacial score (nSPS) is 11.9. The van der Waals surface area contributed by atoms with Crippen LogP contribution in [0.15, 0.2) is 107 Å². The average Bonchev–Trinajstić information content (AvgIpc) is 2.80. The summed E-state index contributed by atoms with van der Waals surface area (Å²) >= 11 is 0. The molecule has 0 amide bonds. The molecule has 4 rings (SSSR count). The lowest BCUT2D eigenvalue weighted by Crippen LogP contribution is -2.33. The van der Waals surface area contributed by atoms with Crippen LogP contribution in [0, 0.1) is 0 Å². The van der Waals surface area contributed by atoms with Crippen molar-refractivity contribution in [1.82, 2.24) is 9.55 Å². The zero-order valence-corrected chi connectivity index (χ0v) is 17.3. The number of nitrogens with one attached hydrogen (secondary N) is 1. The monoisotopic (exact) mass is 412 g/mol. The van der Waals surface area contributed by atoms with Gasteiger partial charge in [-0.25, -0.2) is 4.79 Å².